The smallest absolute Gasteiger partial charge is 0.298 e. The lowest BCUT2D eigenvalue weighted by atomic mass is 10.0. The molecule has 0 unspecified atom stereocenters. The average Bonchev–Trinajstić information content (AvgIpc) is 2.46. The number of fused-ring (bicyclic) bond motifs is 1. The zero-order valence-corrected chi connectivity index (χ0v) is 13.4. The van der Waals surface area contributed by atoms with Crippen molar-refractivity contribution in [3.63, 3.8) is 0 Å². The Labute approximate surface area is 135 Å². The van der Waals surface area contributed by atoms with Crippen LogP contribution in [0.2, 0.25) is 0 Å². The quantitative estimate of drug-likeness (QED) is 0.481. The van der Waals surface area contributed by atoms with Crippen molar-refractivity contribution in [3.05, 3.63) is 36.2 Å². The summed E-state index contributed by atoms with van der Waals surface area (Å²) in [5.74, 6) is 0.252. The van der Waals surface area contributed by atoms with Crippen LogP contribution in [0.25, 0.3) is 11.0 Å². The molecule has 1 atom stereocenters. The topological polar surface area (TPSA) is 94.9 Å². The Bertz CT molecular complexity index is 654. The van der Waals surface area contributed by atoms with Gasteiger partial charge < -0.3 is 18.1 Å². The SMILES string of the molecule is CC(C)C[C@H]([NH3+])C(=O)N/N=C/c1cccc2nccnc12.[Cl-]. The van der Waals surface area contributed by atoms with Crippen molar-refractivity contribution in [3.8, 4) is 0 Å². The largest absolute Gasteiger partial charge is 1.00 e. The summed E-state index contributed by atoms with van der Waals surface area (Å²) < 4.78 is 0. The number of benzene rings is 1. The number of para-hydroxylation sites is 1. The summed E-state index contributed by atoms with van der Waals surface area (Å²) in [6.45, 7) is 4.12. The molecular weight excluding hydrogens is 302 g/mol. The Morgan fingerprint density at radius 1 is 1.36 bits per heavy atom. The molecule has 1 amide bonds. The molecule has 0 radical (unpaired) electrons. The molecule has 1 aromatic carbocycles. The summed E-state index contributed by atoms with van der Waals surface area (Å²) in [4.78, 5) is 20.3. The van der Waals surface area contributed by atoms with E-state index in [9.17, 15) is 4.79 Å². The monoisotopic (exact) mass is 321 g/mol. The first kappa shape index (κ1) is 18.0. The molecule has 0 aliphatic heterocycles. The highest BCUT2D eigenvalue weighted by Gasteiger charge is 2.17. The second-order valence-electron chi connectivity index (χ2n) is 5.33. The number of hydrazone groups is 1. The average molecular weight is 322 g/mol. The van der Waals surface area contributed by atoms with Gasteiger partial charge >= 0.3 is 0 Å². The third kappa shape index (κ3) is 4.75. The normalized spacial score (nSPS) is 12.4. The Morgan fingerprint density at radius 3 is 2.82 bits per heavy atom. The van der Waals surface area contributed by atoms with Crippen molar-refractivity contribution < 1.29 is 22.9 Å². The van der Waals surface area contributed by atoms with E-state index >= 15 is 0 Å². The number of amides is 1. The van der Waals surface area contributed by atoms with E-state index in [-0.39, 0.29) is 24.4 Å². The van der Waals surface area contributed by atoms with Gasteiger partial charge in [0.1, 0.15) is 0 Å². The molecule has 22 heavy (non-hydrogen) atoms. The van der Waals surface area contributed by atoms with E-state index in [1.165, 1.54) is 0 Å². The summed E-state index contributed by atoms with van der Waals surface area (Å²) in [5.41, 5.74) is 8.73. The van der Waals surface area contributed by atoms with E-state index in [4.69, 9.17) is 0 Å². The molecule has 6 nitrogen and oxygen atoms in total. The molecule has 0 saturated heterocycles. The number of aromatic nitrogens is 2. The first-order valence-electron chi connectivity index (χ1n) is 6.93. The predicted octanol–water partition coefficient (Wildman–Crippen LogP) is -2.26. The lowest BCUT2D eigenvalue weighted by Crippen LogP contribution is -3.00. The lowest BCUT2D eigenvalue weighted by molar-refractivity contribution is -0.406. The van der Waals surface area contributed by atoms with E-state index in [1.54, 1.807) is 18.6 Å². The van der Waals surface area contributed by atoms with Crippen LogP contribution in [0.15, 0.2) is 35.7 Å². The molecule has 118 valence electrons. The highest BCUT2D eigenvalue weighted by Crippen LogP contribution is 2.11. The van der Waals surface area contributed by atoms with Crippen LogP contribution < -0.4 is 23.6 Å². The third-order valence-electron chi connectivity index (χ3n) is 3.03. The van der Waals surface area contributed by atoms with E-state index in [0.717, 1.165) is 23.0 Å². The van der Waals surface area contributed by atoms with Crippen LogP contribution in [0.3, 0.4) is 0 Å². The summed E-state index contributed by atoms with van der Waals surface area (Å²) in [5, 5.41) is 3.99. The molecule has 4 N–H and O–H groups in total. The number of hydrogen-bond donors (Lipinski definition) is 2. The van der Waals surface area contributed by atoms with Crippen molar-refractivity contribution in [2.75, 3.05) is 0 Å². The number of quaternary nitrogens is 1. The minimum Gasteiger partial charge on any atom is -1.00 e. The maximum Gasteiger partial charge on any atom is 0.298 e. The van der Waals surface area contributed by atoms with E-state index in [2.05, 4.69) is 40.1 Å². The van der Waals surface area contributed by atoms with Crippen molar-refractivity contribution in [1.82, 2.24) is 15.4 Å². The van der Waals surface area contributed by atoms with Gasteiger partial charge in [-0.2, -0.15) is 5.10 Å². The van der Waals surface area contributed by atoms with Crippen molar-refractivity contribution in [2.45, 2.75) is 26.3 Å². The molecule has 2 aromatic rings. The number of carbonyl (C=O) groups is 1. The van der Waals surface area contributed by atoms with E-state index in [0.29, 0.717) is 5.92 Å². The maximum absolute atomic E-state index is 11.8. The van der Waals surface area contributed by atoms with E-state index in [1.807, 2.05) is 18.2 Å². The minimum atomic E-state index is -0.297. The van der Waals surface area contributed by atoms with Crippen LogP contribution in [0.4, 0.5) is 0 Å². The summed E-state index contributed by atoms with van der Waals surface area (Å²) in [6.07, 6.45) is 5.59. The van der Waals surface area contributed by atoms with Gasteiger partial charge in [0.2, 0.25) is 0 Å². The summed E-state index contributed by atoms with van der Waals surface area (Å²) >= 11 is 0. The second kappa shape index (κ2) is 8.41. The fraction of sp³-hybridized carbons (Fsp3) is 0.333. The van der Waals surface area contributed by atoms with Crippen LogP contribution in [-0.4, -0.2) is 28.1 Å². The lowest BCUT2D eigenvalue weighted by Gasteiger charge is -2.08. The zero-order chi connectivity index (χ0) is 15.2. The van der Waals surface area contributed by atoms with Gasteiger partial charge in [0.25, 0.3) is 5.91 Å². The third-order valence-corrected chi connectivity index (χ3v) is 3.03. The molecule has 0 bridgehead atoms. The molecule has 0 spiro atoms. The highest BCUT2D eigenvalue weighted by molar-refractivity contribution is 5.96. The van der Waals surface area contributed by atoms with Crippen LogP contribution in [-0.2, 0) is 4.79 Å². The minimum absolute atomic E-state index is 0. The Morgan fingerprint density at radius 2 is 2.09 bits per heavy atom. The van der Waals surface area contributed by atoms with Crippen LogP contribution in [0.5, 0.6) is 0 Å². The number of halogens is 1. The summed E-state index contributed by atoms with van der Waals surface area (Å²) in [6, 6.07) is 5.34. The Balaban J connectivity index is 0.00000242. The van der Waals surface area contributed by atoms with Gasteiger partial charge in [0.05, 0.1) is 17.2 Å². The molecule has 2 rings (SSSR count). The van der Waals surface area contributed by atoms with Crippen LogP contribution in [0, 0.1) is 5.92 Å². The van der Waals surface area contributed by atoms with Gasteiger partial charge in [-0.25, -0.2) is 5.43 Å². The van der Waals surface area contributed by atoms with Gasteiger partial charge in [0, 0.05) is 24.4 Å². The molecule has 0 aliphatic carbocycles. The van der Waals surface area contributed by atoms with Gasteiger partial charge in [-0.15, -0.1) is 0 Å². The number of carbonyl (C=O) groups excluding carboxylic acids is 1. The zero-order valence-electron chi connectivity index (χ0n) is 12.7. The van der Waals surface area contributed by atoms with Gasteiger partial charge in [-0.05, 0) is 12.0 Å². The fourth-order valence-electron chi connectivity index (χ4n) is 2.05. The molecular formula is C15H20ClN5O. The number of rotatable bonds is 5. The van der Waals surface area contributed by atoms with Gasteiger partial charge in [-0.3, -0.25) is 14.8 Å². The molecule has 0 fully saturated rings. The second-order valence-corrected chi connectivity index (χ2v) is 5.33. The molecule has 1 heterocycles. The fourth-order valence-corrected chi connectivity index (χ4v) is 2.05. The number of nitrogens with zero attached hydrogens (tertiary/aromatic N) is 3. The molecule has 1 aromatic heterocycles. The first-order chi connectivity index (χ1) is 10.1. The first-order valence-corrected chi connectivity index (χ1v) is 6.93. The standard InChI is InChI=1S/C15H19N5O.ClH/c1-10(2)8-12(16)15(21)20-19-9-11-4-3-5-13-14(11)18-7-6-17-13;/h3-7,9-10,12H,8,16H2,1-2H3,(H,20,21);1H/b19-9+;/t12-;/m0./s1. The molecule has 0 saturated carbocycles. The Hall–Kier alpha value is -2.05. The Kier molecular flexibility index (Phi) is 6.88. The van der Waals surface area contributed by atoms with Crippen molar-refractivity contribution >= 4 is 23.2 Å². The maximum atomic E-state index is 11.8. The number of hydrogen-bond acceptors (Lipinski definition) is 4. The van der Waals surface area contributed by atoms with E-state index < -0.39 is 0 Å². The van der Waals surface area contributed by atoms with Crippen LogP contribution >= 0.6 is 0 Å². The van der Waals surface area contributed by atoms with Gasteiger partial charge in [0.15, 0.2) is 6.04 Å². The van der Waals surface area contributed by atoms with Crippen LogP contribution in [0.1, 0.15) is 25.8 Å². The molecule has 7 heteroatoms. The summed E-state index contributed by atoms with van der Waals surface area (Å²) in [7, 11) is 0. The highest BCUT2D eigenvalue weighted by atomic mass is 35.5. The predicted molar refractivity (Wildman–Crippen MR) is 81.4 cm³/mol. The van der Waals surface area contributed by atoms with Crippen molar-refractivity contribution in [1.29, 1.82) is 0 Å². The van der Waals surface area contributed by atoms with Gasteiger partial charge in [-0.1, -0.05) is 26.0 Å². The number of nitrogens with one attached hydrogen (secondary N) is 1. The van der Waals surface area contributed by atoms with Crippen molar-refractivity contribution in [2.24, 2.45) is 11.0 Å². The molecule has 0 aliphatic rings.